The Kier molecular flexibility index (Phi) is 4.13. The number of halogens is 2. The zero-order valence-electron chi connectivity index (χ0n) is 11.1. The Morgan fingerprint density at radius 1 is 1.10 bits per heavy atom. The summed E-state index contributed by atoms with van der Waals surface area (Å²) in [6, 6.07) is 8.59. The van der Waals surface area contributed by atoms with E-state index in [2.05, 4.69) is 0 Å². The molecule has 0 aliphatic carbocycles. The van der Waals surface area contributed by atoms with Gasteiger partial charge in [0.2, 0.25) is 5.91 Å². The minimum absolute atomic E-state index is 0.204. The molecular weight excluding hydrogens is 260 g/mol. The lowest BCUT2D eigenvalue weighted by atomic mass is 9.95. The van der Waals surface area contributed by atoms with E-state index in [1.165, 1.54) is 36.4 Å². The molecule has 0 aromatic heterocycles. The average molecular weight is 275 g/mol. The van der Waals surface area contributed by atoms with E-state index in [0.29, 0.717) is 29.5 Å². The summed E-state index contributed by atoms with van der Waals surface area (Å²) >= 11 is 0. The molecule has 0 saturated carbocycles. The van der Waals surface area contributed by atoms with Crippen molar-refractivity contribution in [3.63, 3.8) is 0 Å². The van der Waals surface area contributed by atoms with Crippen LogP contribution in [-0.4, -0.2) is 5.91 Å². The molecule has 0 radical (unpaired) electrons. The summed E-state index contributed by atoms with van der Waals surface area (Å²) in [6.45, 7) is 1.90. The Morgan fingerprint density at radius 2 is 1.75 bits per heavy atom. The number of hydrogen-bond acceptors (Lipinski definition) is 1. The first kappa shape index (κ1) is 14.2. The smallest absolute Gasteiger partial charge is 0.249 e. The minimum Gasteiger partial charge on any atom is -0.366 e. The molecule has 2 aromatic carbocycles. The van der Waals surface area contributed by atoms with E-state index in [-0.39, 0.29) is 11.4 Å². The molecule has 2 nitrogen and oxygen atoms in total. The summed E-state index contributed by atoms with van der Waals surface area (Å²) in [5, 5.41) is 0. The van der Waals surface area contributed by atoms with Crippen LogP contribution in [0.25, 0.3) is 11.1 Å². The fourth-order valence-electron chi connectivity index (χ4n) is 2.20. The maximum absolute atomic E-state index is 14.6. The Bertz CT molecular complexity index is 636. The summed E-state index contributed by atoms with van der Waals surface area (Å²) in [5.74, 6) is -1.48. The normalized spacial score (nSPS) is 10.6. The van der Waals surface area contributed by atoms with Gasteiger partial charge < -0.3 is 5.73 Å². The third-order valence-corrected chi connectivity index (χ3v) is 3.16. The lowest BCUT2D eigenvalue weighted by Crippen LogP contribution is -2.15. The van der Waals surface area contributed by atoms with Crippen molar-refractivity contribution in [3.05, 3.63) is 59.2 Å². The number of primary amides is 1. The van der Waals surface area contributed by atoms with Crippen LogP contribution in [-0.2, 0) is 6.42 Å². The summed E-state index contributed by atoms with van der Waals surface area (Å²) in [6.07, 6.45) is 1.13. The van der Waals surface area contributed by atoms with E-state index in [9.17, 15) is 13.6 Å². The van der Waals surface area contributed by atoms with Gasteiger partial charge in [-0.05, 0) is 30.2 Å². The molecule has 2 N–H and O–H groups in total. The molecule has 2 rings (SSSR count). The van der Waals surface area contributed by atoms with Crippen LogP contribution in [0.2, 0.25) is 0 Å². The molecule has 4 heteroatoms. The molecule has 0 spiro atoms. The number of carbonyl (C=O) groups excluding carboxylic acids is 1. The first-order chi connectivity index (χ1) is 9.54. The van der Waals surface area contributed by atoms with Gasteiger partial charge in [-0.15, -0.1) is 0 Å². The number of nitrogens with two attached hydrogens (primary N) is 1. The van der Waals surface area contributed by atoms with Crippen LogP contribution in [0, 0.1) is 11.6 Å². The Labute approximate surface area is 116 Å². The van der Waals surface area contributed by atoms with Gasteiger partial charge in [-0.25, -0.2) is 8.78 Å². The highest BCUT2D eigenvalue weighted by molar-refractivity contribution is 5.95. The number of amides is 1. The standard InChI is InChI=1S/C16H15F2NO/c1-2-3-13-14(16(19)20)9-8-12(15(13)18)10-4-6-11(17)7-5-10/h4-9H,2-3H2,1H3,(H2,19,20). The lowest BCUT2D eigenvalue weighted by Gasteiger charge is -2.12. The van der Waals surface area contributed by atoms with Crippen molar-refractivity contribution < 1.29 is 13.6 Å². The summed E-state index contributed by atoms with van der Waals surface area (Å²) in [5.41, 5.74) is 6.70. The maximum Gasteiger partial charge on any atom is 0.249 e. The zero-order valence-corrected chi connectivity index (χ0v) is 11.1. The van der Waals surface area contributed by atoms with E-state index < -0.39 is 11.7 Å². The molecule has 0 aliphatic rings. The van der Waals surface area contributed by atoms with Gasteiger partial charge in [-0.2, -0.15) is 0 Å². The van der Waals surface area contributed by atoms with Crippen LogP contribution in [0.3, 0.4) is 0 Å². The molecule has 0 aliphatic heterocycles. The first-order valence-corrected chi connectivity index (χ1v) is 6.41. The van der Waals surface area contributed by atoms with Crippen molar-refractivity contribution in [3.8, 4) is 11.1 Å². The van der Waals surface area contributed by atoms with E-state index in [4.69, 9.17) is 5.73 Å². The number of carbonyl (C=O) groups is 1. The van der Waals surface area contributed by atoms with Gasteiger partial charge in [-0.1, -0.05) is 31.5 Å². The Morgan fingerprint density at radius 3 is 2.30 bits per heavy atom. The number of hydrogen-bond donors (Lipinski definition) is 1. The van der Waals surface area contributed by atoms with Crippen LogP contribution in [0.15, 0.2) is 36.4 Å². The third kappa shape index (κ3) is 2.69. The van der Waals surface area contributed by atoms with Crippen LogP contribution in [0.4, 0.5) is 8.78 Å². The highest BCUT2D eigenvalue weighted by atomic mass is 19.1. The first-order valence-electron chi connectivity index (χ1n) is 6.41. The third-order valence-electron chi connectivity index (χ3n) is 3.16. The highest BCUT2D eigenvalue weighted by Crippen LogP contribution is 2.28. The van der Waals surface area contributed by atoms with Crippen LogP contribution < -0.4 is 5.73 Å². The van der Waals surface area contributed by atoms with Crippen molar-refractivity contribution in [1.82, 2.24) is 0 Å². The van der Waals surface area contributed by atoms with Gasteiger partial charge in [0.05, 0.1) is 0 Å². The number of rotatable bonds is 4. The van der Waals surface area contributed by atoms with Crippen LogP contribution in [0.5, 0.6) is 0 Å². The van der Waals surface area contributed by atoms with Gasteiger partial charge >= 0.3 is 0 Å². The quantitative estimate of drug-likeness (QED) is 0.908. The fourth-order valence-corrected chi connectivity index (χ4v) is 2.20. The second-order valence-electron chi connectivity index (χ2n) is 4.57. The van der Waals surface area contributed by atoms with Crippen molar-refractivity contribution >= 4 is 5.91 Å². The van der Waals surface area contributed by atoms with E-state index in [1.54, 1.807) is 0 Å². The van der Waals surface area contributed by atoms with Crippen molar-refractivity contribution in [2.45, 2.75) is 19.8 Å². The molecule has 0 bridgehead atoms. The molecule has 2 aromatic rings. The van der Waals surface area contributed by atoms with Crippen molar-refractivity contribution in [2.75, 3.05) is 0 Å². The Hall–Kier alpha value is -2.23. The molecule has 20 heavy (non-hydrogen) atoms. The topological polar surface area (TPSA) is 43.1 Å². The molecule has 0 atom stereocenters. The molecule has 0 saturated heterocycles. The monoisotopic (exact) mass is 275 g/mol. The van der Waals surface area contributed by atoms with E-state index in [1.807, 2.05) is 6.92 Å². The zero-order chi connectivity index (χ0) is 14.7. The predicted molar refractivity (Wildman–Crippen MR) is 74.3 cm³/mol. The van der Waals surface area contributed by atoms with Crippen molar-refractivity contribution in [2.24, 2.45) is 5.73 Å². The molecule has 0 heterocycles. The van der Waals surface area contributed by atoms with Gasteiger partial charge in [-0.3, -0.25) is 4.79 Å². The number of benzene rings is 2. The Balaban J connectivity index is 2.58. The van der Waals surface area contributed by atoms with Gasteiger partial charge in [0.15, 0.2) is 0 Å². The SMILES string of the molecule is CCCc1c(C(N)=O)ccc(-c2ccc(F)cc2)c1F. The molecule has 0 unspecified atom stereocenters. The van der Waals surface area contributed by atoms with Crippen LogP contribution in [0.1, 0.15) is 29.3 Å². The van der Waals surface area contributed by atoms with Gasteiger partial charge in [0, 0.05) is 16.7 Å². The summed E-state index contributed by atoms with van der Waals surface area (Å²) in [7, 11) is 0. The average Bonchev–Trinajstić information content (AvgIpc) is 2.42. The lowest BCUT2D eigenvalue weighted by molar-refractivity contribution is 0.0999. The largest absolute Gasteiger partial charge is 0.366 e. The fraction of sp³-hybridized carbons (Fsp3) is 0.188. The molecule has 104 valence electrons. The predicted octanol–water partition coefficient (Wildman–Crippen LogP) is 3.68. The molecule has 0 fully saturated rings. The second kappa shape index (κ2) is 5.82. The molecule has 1 amide bonds. The molecular formula is C16H15F2NO. The van der Waals surface area contributed by atoms with Crippen LogP contribution >= 0.6 is 0 Å². The van der Waals surface area contributed by atoms with Gasteiger partial charge in [0.1, 0.15) is 11.6 Å². The van der Waals surface area contributed by atoms with E-state index >= 15 is 0 Å². The van der Waals surface area contributed by atoms with Gasteiger partial charge in [0.25, 0.3) is 0 Å². The highest BCUT2D eigenvalue weighted by Gasteiger charge is 2.16. The summed E-state index contributed by atoms with van der Waals surface area (Å²) < 4.78 is 27.5. The minimum atomic E-state index is -0.641. The maximum atomic E-state index is 14.6. The second-order valence-corrected chi connectivity index (χ2v) is 4.57. The summed E-state index contributed by atoms with van der Waals surface area (Å²) in [4.78, 5) is 11.3. The van der Waals surface area contributed by atoms with E-state index in [0.717, 1.165) is 0 Å². The van der Waals surface area contributed by atoms with Crippen molar-refractivity contribution in [1.29, 1.82) is 0 Å².